The van der Waals surface area contributed by atoms with E-state index in [2.05, 4.69) is 53.2 Å². The van der Waals surface area contributed by atoms with Gasteiger partial charge >= 0.3 is 0 Å². The third-order valence-corrected chi connectivity index (χ3v) is 6.39. The Morgan fingerprint density at radius 3 is 2.34 bits per heavy atom. The molecule has 1 unspecified atom stereocenters. The van der Waals surface area contributed by atoms with Crippen molar-refractivity contribution in [3.63, 3.8) is 0 Å². The Balaban J connectivity index is 1.43. The van der Waals surface area contributed by atoms with Gasteiger partial charge in [-0.3, -0.25) is 14.7 Å². The number of carbonyl (C=O) groups excluding carboxylic acids is 1. The monoisotopic (exact) mass is 437 g/mol. The third-order valence-electron chi connectivity index (χ3n) is 6.39. The highest BCUT2D eigenvalue weighted by atomic mass is 16.3. The van der Waals surface area contributed by atoms with Crippen LogP contribution in [0.25, 0.3) is 0 Å². The van der Waals surface area contributed by atoms with E-state index in [-0.39, 0.29) is 5.91 Å². The van der Waals surface area contributed by atoms with E-state index < -0.39 is 0 Å². The number of hydrogen-bond acceptors (Lipinski definition) is 4. The van der Waals surface area contributed by atoms with Crippen molar-refractivity contribution in [1.29, 1.82) is 0 Å². The average Bonchev–Trinajstić information content (AvgIpc) is 3.54. The number of rotatable bonds is 6. The van der Waals surface area contributed by atoms with Gasteiger partial charge < -0.3 is 19.5 Å². The van der Waals surface area contributed by atoms with E-state index in [0.29, 0.717) is 24.9 Å². The maximum atomic E-state index is 12.6. The topological polar surface area (TPSA) is 64.3 Å². The molecule has 4 rings (SSSR count). The summed E-state index contributed by atoms with van der Waals surface area (Å²) in [5, 5.41) is 3.47. The molecule has 1 aromatic carbocycles. The maximum absolute atomic E-state index is 12.6. The van der Waals surface area contributed by atoms with E-state index in [1.165, 1.54) is 24.0 Å². The molecule has 32 heavy (non-hydrogen) atoms. The summed E-state index contributed by atoms with van der Waals surface area (Å²) in [5.74, 6) is 1.31. The number of benzene rings is 1. The molecule has 0 radical (unpaired) electrons. The van der Waals surface area contributed by atoms with E-state index in [9.17, 15) is 4.79 Å². The van der Waals surface area contributed by atoms with Crippen LogP contribution in [-0.4, -0.2) is 78.9 Å². The fourth-order valence-corrected chi connectivity index (χ4v) is 4.55. The Labute approximate surface area is 191 Å². The lowest BCUT2D eigenvalue weighted by Gasteiger charge is -2.36. The molecular formula is C25H35N5O2. The van der Waals surface area contributed by atoms with Crippen molar-refractivity contribution in [3.05, 3.63) is 59.5 Å². The molecule has 2 fully saturated rings. The Morgan fingerprint density at radius 2 is 1.72 bits per heavy atom. The molecular weight excluding hydrogens is 402 g/mol. The first-order valence-corrected chi connectivity index (χ1v) is 11.8. The van der Waals surface area contributed by atoms with Gasteiger partial charge in [-0.05, 0) is 57.5 Å². The summed E-state index contributed by atoms with van der Waals surface area (Å²) in [7, 11) is 0. The first-order valence-electron chi connectivity index (χ1n) is 11.8. The molecule has 2 aliphatic rings. The highest BCUT2D eigenvalue weighted by Crippen LogP contribution is 2.26. The summed E-state index contributed by atoms with van der Waals surface area (Å²) in [4.78, 5) is 24.3. The van der Waals surface area contributed by atoms with Gasteiger partial charge in [0.15, 0.2) is 11.7 Å². The Hall–Kier alpha value is -2.80. The second-order valence-corrected chi connectivity index (χ2v) is 8.62. The zero-order valence-corrected chi connectivity index (χ0v) is 19.3. The van der Waals surface area contributed by atoms with Gasteiger partial charge in [0.1, 0.15) is 0 Å². The van der Waals surface area contributed by atoms with Crippen LogP contribution in [0.2, 0.25) is 0 Å². The molecule has 1 aromatic heterocycles. The average molecular weight is 438 g/mol. The summed E-state index contributed by atoms with van der Waals surface area (Å²) in [5.41, 5.74) is 2.62. The molecule has 1 atom stereocenters. The van der Waals surface area contributed by atoms with Crippen molar-refractivity contribution in [1.82, 2.24) is 20.0 Å². The van der Waals surface area contributed by atoms with E-state index in [0.717, 1.165) is 45.2 Å². The van der Waals surface area contributed by atoms with Crippen LogP contribution in [0.1, 0.15) is 47.5 Å². The van der Waals surface area contributed by atoms with Crippen LogP contribution < -0.4 is 5.32 Å². The van der Waals surface area contributed by atoms with Gasteiger partial charge in [0.05, 0.1) is 18.8 Å². The number of nitrogens with one attached hydrogen (secondary N) is 1. The molecule has 2 saturated heterocycles. The summed E-state index contributed by atoms with van der Waals surface area (Å²) in [6.45, 7) is 10.9. The van der Waals surface area contributed by atoms with Crippen molar-refractivity contribution in [2.45, 2.75) is 32.7 Å². The second kappa shape index (κ2) is 10.7. The van der Waals surface area contributed by atoms with Crippen molar-refractivity contribution >= 4 is 11.9 Å². The number of nitrogens with zero attached hydrogens (tertiary/aromatic N) is 4. The van der Waals surface area contributed by atoms with Gasteiger partial charge in [-0.2, -0.15) is 0 Å². The Kier molecular flexibility index (Phi) is 7.47. The van der Waals surface area contributed by atoms with Gasteiger partial charge in [-0.15, -0.1) is 0 Å². The second-order valence-electron chi connectivity index (χ2n) is 8.62. The quantitative estimate of drug-likeness (QED) is 0.556. The number of furan rings is 1. The van der Waals surface area contributed by atoms with E-state index in [4.69, 9.17) is 9.41 Å². The smallest absolute Gasteiger partial charge is 0.289 e. The zero-order valence-electron chi connectivity index (χ0n) is 19.3. The van der Waals surface area contributed by atoms with Crippen LogP contribution in [0, 0.1) is 6.92 Å². The predicted octanol–water partition coefficient (Wildman–Crippen LogP) is 3.15. The fourth-order valence-electron chi connectivity index (χ4n) is 4.55. The number of aryl methyl sites for hydroxylation is 1. The molecule has 2 aliphatic heterocycles. The molecule has 0 bridgehead atoms. The SMILES string of the molecule is CCNC(=NCC(c1ccc(C)cc1)N1CCCC1)N1CCN(C(=O)c2ccco2)CC1. The molecule has 0 aliphatic carbocycles. The van der Waals surface area contributed by atoms with Gasteiger partial charge in [-0.1, -0.05) is 29.8 Å². The lowest BCUT2D eigenvalue weighted by Crippen LogP contribution is -2.53. The molecule has 0 saturated carbocycles. The van der Waals surface area contributed by atoms with Crippen molar-refractivity contribution in [3.8, 4) is 0 Å². The summed E-state index contributed by atoms with van der Waals surface area (Å²) in [6.07, 6.45) is 4.07. The summed E-state index contributed by atoms with van der Waals surface area (Å²) in [6, 6.07) is 12.7. The van der Waals surface area contributed by atoms with E-state index in [1.54, 1.807) is 18.4 Å². The molecule has 7 heteroatoms. The number of piperazine rings is 1. The normalized spacial score (nSPS) is 18.8. The molecule has 7 nitrogen and oxygen atoms in total. The number of aliphatic imine (C=N–C) groups is 1. The highest BCUT2D eigenvalue weighted by molar-refractivity contribution is 5.91. The minimum absolute atomic E-state index is 0.0370. The van der Waals surface area contributed by atoms with Crippen LogP contribution in [0.4, 0.5) is 0 Å². The molecule has 1 N–H and O–H groups in total. The van der Waals surface area contributed by atoms with Crippen LogP contribution in [0.3, 0.4) is 0 Å². The minimum Gasteiger partial charge on any atom is -0.459 e. The maximum Gasteiger partial charge on any atom is 0.289 e. The van der Waals surface area contributed by atoms with Crippen LogP contribution >= 0.6 is 0 Å². The molecule has 172 valence electrons. The van der Waals surface area contributed by atoms with Gasteiger partial charge in [0.2, 0.25) is 0 Å². The first kappa shape index (κ1) is 22.4. The summed E-state index contributed by atoms with van der Waals surface area (Å²) >= 11 is 0. The Morgan fingerprint density at radius 1 is 1.03 bits per heavy atom. The molecule has 0 spiro atoms. The van der Waals surface area contributed by atoms with Gasteiger partial charge in [0.25, 0.3) is 5.91 Å². The summed E-state index contributed by atoms with van der Waals surface area (Å²) < 4.78 is 5.28. The lowest BCUT2D eigenvalue weighted by atomic mass is 10.0. The lowest BCUT2D eigenvalue weighted by molar-refractivity contribution is 0.0657. The standard InChI is InChI=1S/C25H35N5O2/c1-3-26-25(30-16-14-29(15-17-30)24(31)23-7-6-18-32-23)27-19-22(28-12-4-5-13-28)21-10-8-20(2)9-11-21/h6-11,18,22H,3-5,12-17,19H2,1-2H3,(H,26,27). The molecule has 3 heterocycles. The molecule has 1 amide bonds. The number of amides is 1. The first-order chi connectivity index (χ1) is 15.7. The number of likely N-dealkylation sites (tertiary alicyclic amines) is 1. The third kappa shape index (κ3) is 5.33. The number of hydrogen-bond donors (Lipinski definition) is 1. The Bertz CT molecular complexity index is 880. The van der Waals surface area contributed by atoms with E-state index in [1.807, 2.05) is 4.90 Å². The van der Waals surface area contributed by atoms with Crippen molar-refractivity contribution in [2.75, 3.05) is 52.4 Å². The van der Waals surface area contributed by atoms with Crippen molar-refractivity contribution in [2.24, 2.45) is 4.99 Å². The van der Waals surface area contributed by atoms with Crippen molar-refractivity contribution < 1.29 is 9.21 Å². The van der Waals surface area contributed by atoms with E-state index >= 15 is 0 Å². The largest absolute Gasteiger partial charge is 0.459 e. The number of carbonyl (C=O) groups is 1. The minimum atomic E-state index is -0.0370. The number of guanidine groups is 1. The molecule has 2 aromatic rings. The predicted molar refractivity (Wildman–Crippen MR) is 127 cm³/mol. The van der Waals surface area contributed by atoms with Gasteiger partial charge in [0, 0.05) is 32.7 Å². The fraction of sp³-hybridized carbons (Fsp3) is 0.520. The zero-order chi connectivity index (χ0) is 22.3. The van der Waals surface area contributed by atoms with Crippen LogP contribution in [-0.2, 0) is 0 Å². The van der Waals surface area contributed by atoms with Gasteiger partial charge in [-0.25, -0.2) is 0 Å². The highest BCUT2D eigenvalue weighted by Gasteiger charge is 2.27. The van der Waals surface area contributed by atoms with Crippen LogP contribution in [0.5, 0.6) is 0 Å². The van der Waals surface area contributed by atoms with Crippen LogP contribution in [0.15, 0.2) is 52.1 Å².